The Labute approximate surface area is 129 Å². The van der Waals surface area contributed by atoms with Crippen LogP contribution >= 0.6 is 0 Å². The molecule has 0 aliphatic rings. The maximum atomic E-state index is 13.3. The van der Waals surface area contributed by atoms with E-state index >= 15 is 0 Å². The number of benzene rings is 2. The smallest absolute Gasteiger partial charge is 0.262 e. The van der Waals surface area contributed by atoms with Gasteiger partial charge in [-0.3, -0.25) is 4.72 Å². The van der Waals surface area contributed by atoms with Gasteiger partial charge in [0.2, 0.25) is 0 Å². The van der Waals surface area contributed by atoms with Crippen molar-refractivity contribution in [3.63, 3.8) is 0 Å². The number of hydrogen-bond acceptors (Lipinski definition) is 2. The van der Waals surface area contributed by atoms with E-state index in [2.05, 4.69) is 4.72 Å². The van der Waals surface area contributed by atoms with Gasteiger partial charge in [-0.05, 0) is 36.1 Å². The number of sulfonamides is 1. The lowest BCUT2D eigenvalue weighted by molar-refractivity contribution is 0.568. The van der Waals surface area contributed by atoms with Crippen molar-refractivity contribution in [3.05, 3.63) is 59.2 Å². The van der Waals surface area contributed by atoms with Gasteiger partial charge in [-0.15, -0.1) is 0 Å². The van der Waals surface area contributed by atoms with Gasteiger partial charge >= 0.3 is 0 Å². The van der Waals surface area contributed by atoms with E-state index < -0.39 is 26.6 Å². The van der Waals surface area contributed by atoms with Gasteiger partial charge in [-0.2, -0.15) is 0 Å². The first-order valence-electron chi connectivity index (χ1n) is 6.97. The summed E-state index contributed by atoms with van der Waals surface area (Å²) in [5, 5.41) is 0. The Kier molecular flexibility index (Phi) is 4.81. The minimum absolute atomic E-state index is 0.432. The van der Waals surface area contributed by atoms with Crippen LogP contribution in [0.2, 0.25) is 0 Å². The van der Waals surface area contributed by atoms with E-state index in [1.165, 1.54) is 0 Å². The van der Waals surface area contributed by atoms with Crippen LogP contribution in [-0.2, 0) is 22.9 Å². The summed E-state index contributed by atoms with van der Waals surface area (Å²) in [6, 6.07) is 7.73. The molecule has 1 N–H and O–H groups in total. The highest BCUT2D eigenvalue weighted by molar-refractivity contribution is 7.92. The third-order valence-corrected chi connectivity index (χ3v) is 4.71. The average molecular weight is 325 g/mol. The Bertz CT molecular complexity index is 746. The number of halogens is 2. The molecule has 0 spiro atoms. The first kappa shape index (κ1) is 16.4. The Morgan fingerprint density at radius 2 is 1.45 bits per heavy atom. The Balaban J connectivity index is 2.49. The van der Waals surface area contributed by atoms with E-state index in [1.54, 1.807) is 0 Å². The maximum absolute atomic E-state index is 13.3. The fourth-order valence-corrected chi connectivity index (χ4v) is 3.43. The molecule has 0 aliphatic carbocycles. The summed E-state index contributed by atoms with van der Waals surface area (Å²) in [6.45, 7) is 3.82. The van der Waals surface area contributed by atoms with Crippen molar-refractivity contribution < 1.29 is 17.2 Å². The molecule has 0 heterocycles. The first-order valence-corrected chi connectivity index (χ1v) is 8.45. The quantitative estimate of drug-likeness (QED) is 0.906. The van der Waals surface area contributed by atoms with Crippen LogP contribution in [0.3, 0.4) is 0 Å². The molecule has 2 aromatic rings. The molecule has 0 aromatic heterocycles. The van der Waals surface area contributed by atoms with E-state index in [0.29, 0.717) is 24.6 Å². The van der Waals surface area contributed by atoms with Crippen LogP contribution in [-0.4, -0.2) is 8.42 Å². The SMILES string of the molecule is CCc1cccc(CC)c1NS(=O)(=O)c1cc(F)cc(F)c1. The highest BCUT2D eigenvalue weighted by atomic mass is 32.2. The topological polar surface area (TPSA) is 46.2 Å². The molecule has 0 fully saturated rings. The zero-order valence-corrected chi connectivity index (χ0v) is 13.2. The van der Waals surface area contributed by atoms with Gasteiger partial charge < -0.3 is 0 Å². The van der Waals surface area contributed by atoms with Crippen molar-refractivity contribution >= 4 is 15.7 Å². The van der Waals surface area contributed by atoms with E-state index in [-0.39, 0.29) is 0 Å². The third kappa shape index (κ3) is 3.44. The van der Waals surface area contributed by atoms with Crippen molar-refractivity contribution in [2.75, 3.05) is 4.72 Å². The second-order valence-corrected chi connectivity index (χ2v) is 6.55. The van der Waals surface area contributed by atoms with Crippen molar-refractivity contribution in [2.24, 2.45) is 0 Å². The van der Waals surface area contributed by atoms with Crippen LogP contribution in [0.25, 0.3) is 0 Å². The number of rotatable bonds is 5. The molecule has 0 saturated carbocycles. The molecule has 0 aliphatic heterocycles. The summed E-state index contributed by atoms with van der Waals surface area (Å²) in [7, 11) is -4.05. The Morgan fingerprint density at radius 1 is 0.955 bits per heavy atom. The minimum Gasteiger partial charge on any atom is -0.279 e. The zero-order valence-electron chi connectivity index (χ0n) is 12.4. The van der Waals surface area contributed by atoms with E-state index in [1.807, 2.05) is 32.0 Å². The molecule has 0 unspecified atom stereocenters. The average Bonchev–Trinajstić information content (AvgIpc) is 2.46. The molecular formula is C16H17F2NO2S. The van der Waals surface area contributed by atoms with Crippen LogP contribution in [0.15, 0.2) is 41.3 Å². The molecule has 0 saturated heterocycles. The van der Waals surface area contributed by atoms with Gasteiger partial charge in [0.05, 0.1) is 10.6 Å². The summed E-state index contributed by atoms with van der Waals surface area (Å²) in [5.41, 5.74) is 2.15. The summed E-state index contributed by atoms with van der Waals surface area (Å²) >= 11 is 0. The monoisotopic (exact) mass is 325 g/mol. The van der Waals surface area contributed by atoms with Crippen LogP contribution in [0.1, 0.15) is 25.0 Å². The molecule has 22 heavy (non-hydrogen) atoms. The zero-order chi connectivity index (χ0) is 16.3. The fourth-order valence-electron chi connectivity index (χ4n) is 2.25. The van der Waals surface area contributed by atoms with Crippen molar-refractivity contribution in [1.29, 1.82) is 0 Å². The second kappa shape index (κ2) is 6.44. The van der Waals surface area contributed by atoms with Crippen LogP contribution in [0.4, 0.5) is 14.5 Å². The van der Waals surface area contributed by atoms with Gasteiger partial charge in [-0.25, -0.2) is 17.2 Å². The standard InChI is InChI=1S/C16H17F2NO2S/c1-3-11-6-5-7-12(4-2)16(11)19-22(20,21)15-9-13(17)8-14(18)10-15/h5-10,19H,3-4H2,1-2H3. The van der Waals surface area contributed by atoms with Gasteiger partial charge in [0.1, 0.15) is 11.6 Å². The van der Waals surface area contributed by atoms with Crippen molar-refractivity contribution in [2.45, 2.75) is 31.6 Å². The molecule has 2 aromatic carbocycles. The lowest BCUT2D eigenvalue weighted by Crippen LogP contribution is -2.16. The van der Waals surface area contributed by atoms with Crippen molar-refractivity contribution in [1.82, 2.24) is 0 Å². The molecule has 6 heteroatoms. The van der Waals surface area contributed by atoms with Gasteiger partial charge in [0.25, 0.3) is 10.0 Å². The lowest BCUT2D eigenvalue weighted by atomic mass is 10.0. The summed E-state index contributed by atoms with van der Waals surface area (Å²) in [6.07, 6.45) is 1.28. The molecule has 118 valence electrons. The normalized spacial score (nSPS) is 11.5. The minimum atomic E-state index is -4.05. The lowest BCUT2D eigenvalue weighted by Gasteiger charge is -2.15. The third-order valence-electron chi connectivity index (χ3n) is 3.38. The number of para-hydroxylation sites is 1. The highest BCUT2D eigenvalue weighted by Crippen LogP contribution is 2.26. The molecule has 3 nitrogen and oxygen atoms in total. The number of hydrogen-bond donors (Lipinski definition) is 1. The predicted octanol–water partition coefficient (Wildman–Crippen LogP) is 3.89. The number of aryl methyl sites for hydroxylation is 2. The molecular weight excluding hydrogens is 308 g/mol. The van der Waals surface area contributed by atoms with E-state index in [0.717, 1.165) is 23.3 Å². The molecule has 0 amide bonds. The molecule has 0 bridgehead atoms. The first-order chi connectivity index (χ1) is 10.4. The largest absolute Gasteiger partial charge is 0.279 e. The maximum Gasteiger partial charge on any atom is 0.262 e. The van der Waals surface area contributed by atoms with Gasteiger partial charge in [-0.1, -0.05) is 32.0 Å². The van der Waals surface area contributed by atoms with E-state index in [4.69, 9.17) is 0 Å². The number of anilines is 1. The number of nitrogens with one attached hydrogen (secondary N) is 1. The molecule has 0 atom stereocenters. The fraction of sp³-hybridized carbons (Fsp3) is 0.250. The Hall–Kier alpha value is -1.95. The van der Waals surface area contributed by atoms with Crippen molar-refractivity contribution in [3.8, 4) is 0 Å². The highest BCUT2D eigenvalue weighted by Gasteiger charge is 2.19. The summed E-state index contributed by atoms with van der Waals surface area (Å²) in [5.74, 6) is -1.86. The van der Waals surface area contributed by atoms with Crippen LogP contribution in [0.5, 0.6) is 0 Å². The molecule has 2 rings (SSSR count). The predicted molar refractivity (Wildman–Crippen MR) is 82.4 cm³/mol. The van der Waals surface area contributed by atoms with E-state index in [9.17, 15) is 17.2 Å². The molecule has 0 radical (unpaired) electrons. The summed E-state index contributed by atoms with van der Waals surface area (Å²) in [4.78, 5) is -0.432. The summed E-state index contributed by atoms with van der Waals surface area (Å²) < 4.78 is 53.8. The Morgan fingerprint density at radius 3 is 1.91 bits per heavy atom. The second-order valence-electron chi connectivity index (χ2n) is 4.87. The van der Waals surface area contributed by atoms with Gasteiger partial charge in [0, 0.05) is 6.07 Å². The van der Waals surface area contributed by atoms with Gasteiger partial charge in [0.15, 0.2) is 0 Å². The van der Waals surface area contributed by atoms with Crippen LogP contribution in [0, 0.1) is 11.6 Å². The van der Waals surface area contributed by atoms with Crippen LogP contribution < -0.4 is 4.72 Å².